The van der Waals surface area contributed by atoms with E-state index < -0.39 is 0 Å². The first-order valence-electron chi connectivity index (χ1n) is 7.10. The summed E-state index contributed by atoms with van der Waals surface area (Å²) in [5.74, 6) is 0. The summed E-state index contributed by atoms with van der Waals surface area (Å²) < 4.78 is 1.29. The molecule has 3 heteroatoms. The average molecular weight is 332 g/mol. The molecule has 104 valence electrons. The van der Waals surface area contributed by atoms with Gasteiger partial charge >= 0.3 is 0 Å². The van der Waals surface area contributed by atoms with Crippen LogP contribution < -0.4 is 5.32 Å². The Morgan fingerprint density at radius 2 is 2.11 bits per heavy atom. The van der Waals surface area contributed by atoms with Crippen LogP contribution in [0.1, 0.15) is 51.3 Å². The maximum atomic E-state index is 3.67. The van der Waals surface area contributed by atoms with Crippen molar-refractivity contribution >= 4 is 27.3 Å². The minimum atomic E-state index is 0.430. The highest BCUT2D eigenvalue weighted by Gasteiger charge is 2.28. The van der Waals surface area contributed by atoms with E-state index in [2.05, 4.69) is 53.5 Å². The summed E-state index contributed by atoms with van der Waals surface area (Å²) in [6, 6.07) is 2.17. The quantitative estimate of drug-likeness (QED) is 0.651. The zero-order chi connectivity index (χ0) is 13.4. The number of halogens is 1. The fourth-order valence-electron chi connectivity index (χ4n) is 2.40. The Morgan fingerprint density at radius 3 is 2.61 bits per heavy atom. The van der Waals surface area contributed by atoms with E-state index in [1.54, 1.807) is 0 Å². The van der Waals surface area contributed by atoms with E-state index in [0.717, 1.165) is 13.1 Å². The number of thiophene rings is 1. The van der Waals surface area contributed by atoms with E-state index in [1.165, 1.54) is 41.5 Å². The molecule has 1 nitrogen and oxygen atoms in total. The normalized spacial score (nSPS) is 14.7. The van der Waals surface area contributed by atoms with Gasteiger partial charge in [0.15, 0.2) is 0 Å². The smallest absolute Gasteiger partial charge is 0.0314 e. The van der Waals surface area contributed by atoms with Gasteiger partial charge in [-0.25, -0.2) is 0 Å². The molecule has 0 aromatic carbocycles. The molecule has 18 heavy (non-hydrogen) atoms. The van der Waals surface area contributed by atoms with E-state index in [4.69, 9.17) is 0 Å². The highest BCUT2D eigenvalue weighted by atomic mass is 79.9. The molecule has 0 aliphatic carbocycles. The Morgan fingerprint density at radius 1 is 1.33 bits per heavy atom. The molecule has 0 bridgehead atoms. The second-order valence-corrected chi connectivity index (χ2v) is 6.96. The molecule has 0 amide bonds. The molecular formula is C15H26BrNS. The second kappa shape index (κ2) is 8.34. The second-order valence-electron chi connectivity index (χ2n) is 5.11. The van der Waals surface area contributed by atoms with Crippen molar-refractivity contribution in [3.8, 4) is 0 Å². The molecule has 0 aliphatic heterocycles. The Kier molecular flexibility index (Phi) is 7.50. The predicted octanol–water partition coefficient (Wildman–Crippen LogP) is 5.25. The van der Waals surface area contributed by atoms with Crippen LogP contribution in [-0.4, -0.2) is 13.1 Å². The van der Waals surface area contributed by atoms with Gasteiger partial charge in [0, 0.05) is 15.9 Å². The van der Waals surface area contributed by atoms with Gasteiger partial charge < -0.3 is 5.32 Å². The number of hydrogen-bond acceptors (Lipinski definition) is 2. The van der Waals surface area contributed by atoms with Crippen LogP contribution in [0, 0.1) is 5.41 Å². The van der Waals surface area contributed by atoms with Crippen LogP contribution in [0.5, 0.6) is 0 Å². The predicted molar refractivity (Wildman–Crippen MR) is 86.5 cm³/mol. The molecule has 0 radical (unpaired) electrons. The fourth-order valence-corrected chi connectivity index (χ4v) is 4.07. The number of unbranched alkanes of at least 4 members (excludes halogenated alkanes) is 1. The van der Waals surface area contributed by atoms with Gasteiger partial charge in [-0.1, -0.05) is 33.6 Å². The molecule has 1 rings (SSSR count). The van der Waals surface area contributed by atoms with E-state index in [1.807, 2.05) is 11.3 Å². The first kappa shape index (κ1) is 16.2. The van der Waals surface area contributed by atoms with Gasteiger partial charge in [-0.3, -0.25) is 0 Å². The maximum Gasteiger partial charge on any atom is 0.0314 e. The van der Waals surface area contributed by atoms with E-state index in [-0.39, 0.29) is 0 Å². The summed E-state index contributed by atoms with van der Waals surface area (Å²) in [6.07, 6.45) is 6.41. The summed E-state index contributed by atoms with van der Waals surface area (Å²) in [7, 11) is 0. The number of rotatable bonds is 9. The van der Waals surface area contributed by atoms with Crippen molar-refractivity contribution in [1.82, 2.24) is 5.32 Å². The largest absolute Gasteiger partial charge is 0.316 e. The van der Waals surface area contributed by atoms with E-state index in [0.29, 0.717) is 5.41 Å². The Labute approximate surface area is 125 Å². The van der Waals surface area contributed by atoms with Crippen molar-refractivity contribution < 1.29 is 0 Å². The zero-order valence-corrected chi connectivity index (χ0v) is 14.3. The first-order chi connectivity index (χ1) is 8.67. The van der Waals surface area contributed by atoms with Crippen LogP contribution in [0.4, 0.5) is 0 Å². The third-order valence-corrected chi connectivity index (χ3v) is 5.71. The van der Waals surface area contributed by atoms with Crippen molar-refractivity contribution in [1.29, 1.82) is 0 Å². The molecule has 1 atom stereocenters. The molecule has 0 fully saturated rings. The summed E-state index contributed by atoms with van der Waals surface area (Å²) in [6.45, 7) is 9.04. The van der Waals surface area contributed by atoms with Crippen molar-refractivity contribution in [2.75, 3.05) is 13.1 Å². The number of nitrogens with one attached hydrogen (secondary N) is 1. The standard InChI is InChI=1S/C15H26BrNS/c1-4-7-9-15(5-2,12-17-6-3)11-14-13(16)8-10-18-14/h8,10,17H,4-7,9,11-12H2,1-3H3. The van der Waals surface area contributed by atoms with E-state index in [9.17, 15) is 0 Å². The van der Waals surface area contributed by atoms with Crippen LogP contribution in [0.2, 0.25) is 0 Å². The molecule has 0 saturated heterocycles. The lowest BCUT2D eigenvalue weighted by Gasteiger charge is -2.33. The van der Waals surface area contributed by atoms with Crippen molar-refractivity contribution in [2.45, 2.75) is 52.9 Å². The maximum absolute atomic E-state index is 3.67. The topological polar surface area (TPSA) is 12.0 Å². The van der Waals surface area contributed by atoms with Crippen molar-refractivity contribution in [2.24, 2.45) is 5.41 Å². The molecular weight excluding hydrogens is 306 g/mol. The highest BCUT2D eigenvalue weighted by molar-refractivity contribution is 9.10. The van der Waals surface area contributed by atoms with Gasteiger partial charge in [0.1, 0.15) is 0 Å². The molecule has 0 aliphatic rings. The zero-order valence-electron chi connectivity index (χ0n) is 11.9. The monoisotopic (exact) mass is 331 g/mol. The lowest BCUT2D eigenvalue weighted by Crippen LogP contribution is -2.35. The van der Waals surface area contributed by atoms with Crippen molar-refractivity contribution in [3.63, 3.8) is 0 Å². The van der Waals surface area contributed by atoms with Gasteiger partial charge in [-0.05, 0) is 58.6 Å². The van der Waals surface area contributed by atoms with Crippen LogP contribution in [0.3, 0.4) is 0 Å². The molecule has 1 aromatic heterocycles. The summed E-state index contributed by atoms with van der Waals surface area (Å²) in [5.41, 5.74) is 0.430. The van der Waals surface area contributed by atoms with Gasteiger partial charge in [-0.2, -0.15) is 0 Å². The fraction of sp³-hybridized carbons (Fsp3) is 0.733. The highest BCUT2D eigenvalue weighted by Crippen LogP contribution is 2.36. The molecule has 1 N–H and O–H groups in total. The Balaban J connectivity index is 2.76. The molecule has 1 heterocycles. The summed E-state index contributed by atoms with van der Waals surface area (Å²) >= 11 is 5.56. The van der Waals surface area contributed by atoms with Crippen molar-refractivity contribution in [3.05, 3.63) is 20.8 Å². The third kappa shape index (κ3) is 4.67. The summed E-state index contributed by atoms with van der Waals surface area (Å²) in [5, 5.41) is 5.76. The number of hydrogen-bond donors (Lipinski definition) is 1. The summed E-state index contributed by atoms with van der Waals surface area (Å²) in [4.78, 5) is 1.51. The first-order valence-corrected chi connectivity index (χ1v) is 8.77. The van der Waals surface area contributed by atoms with Crippen LogP contribution in [0.15, 0.2) is 15.9 Å². The Hall–Kier alpha value is 0.140. The van der Waals surface area contributed by atoms with E-state index >= 15 is 0 Å². The minimum absolute atomic E-state index is 0.430. The lowest BCUT2D eigenvalue weighted by atomic mass is 9.76. The minimum Gasteiger partial charge on any atom is -0.316 e. The van der Waals surface area contributed by atoms with Gasteiger partial charge in [-0.15, -0.1) is 11.3 Å². The molecule has 1 aromatic rings. The molecule has 1 unspecified atom stereocenters. The SMILES string of the molecule is CCCCC(CC)(CNCC)Cc1sccc1Br. The van der Waals surface area contributed by atoms with Gasteiger partial charge in [0.25, 0.3) is 0 Å². The molecule has 0 spiro atoms. The average Bonchev–Trinajstić information content (AvgIpc) is 2.78. The Bertz CT molecular complexity index is 327. The third-order valence-electron chi connectivity index (χ3n) is 3.79. The van der Waals surface area contributed by atoms with Crippen LogP contribution in [-0.2, 0) is 6.42 Å². The van der Waals surface area contributed by atoms with Crippen LogP contribution in [0.25, 0.3) is 0 Å². The van der Waals surface area contributed by atoms with Gasteiger partial charge in [0.05, 0.1) is 0 Å². The van der Waals surface area contributed by atoms with Crippen LogP contribution >= 0.6 is 27.3 Å². The molecule has 0 saturated carbocycles. The van der Waals surface area contributed by atoms with Gasteiger partial charge in [0.2, 0.25) is 0 Å². The lowest BCUT2D eigenvalue weighted by molar-refractivity contribution is 0.232.